The first kappa shape index (κ1) is 12.3. The number of hydrogen-bond donors (Lipinski definition) is 1. The van der Waals surface area contributed by atoms with E-state index in [0.717, 1.165) is 32.3 Å². The van der Waals surface area contributed by atoms with Gasteiger partial charge in [-0.05, 0) is 44.6 Å². The van der Waals surface area contributed by atoms with E-state index < -0.39 is 0 Å². The van der Waals surface area contributed by atoms with Gasteiger partial charge in [-0.25, -0.2) is 0 Å². The average molecular weight is 227 g/mol. The summed E-state index contributed by atoms with van der Waals surface area (Å²) < 4.78 is 11.3. The summed E-state index contributed by atoms with van der Waals surface area (Å²) in [7, 11) is 0. The molecule has 0 aromatic heterocycles. The van der Waals surface area contributed by atoms with Gasteiger partial charge in [0.05, 0.1) is 19.3 Å². The van der Waals surface area contributed by atoms with E-state index in [9.17, 15) is 0 Å². The molecule has 0 aromatic carbocycles. The average Bonchev–Trinajstić information content (AvgIpc) is 3.01. The fourth-order valence-corrected chi connectivity index (χ4v) is 2.29. The summed E-state index contributed by atoms with van der Waals surface area (Å²) >= 11 is 0. The van der Waals surface area contributed by atoms with Crippen LogP contribution >= 0.6 is 0 Å². The largest absolute Gasteiger partial charge is 0.377 e. The zero-order chi connectivity index (χ0) is 11.2. The highest BCUT2D eigenvalue weighted by Gasteiger charge is 2.31. The molecule has 16 heavy (non-hydrogen) atoms. The molecule has 3 heteroatoms. The molecule has 2 fully saturated rings. The highest BCUT2D eigenvalue weighted by Crippen LogP contribution is 2.32. The van der Waals surface area contributed by atoms with Crippen LogP contribution in [-0.4, -0.2) is 38.5 Å². The molecular weight excluding hydrogens is 202 g/mol. The Morgan fingerprint density at radius 3 is 2.88 bits per heavy atom. The van der Waals surface area contributed by atoms with Crippen molar-refractivity contribution in [3.63, 3.8) is 0 Å². The number of ether oxygens (including phenoxy) is 2. The Morgan fingerprint density at radius 2 is 2.25 bits per heavy atom. The molecule has 1 N–H and O–H groups in total. The quantitative estimate of drug-likeness (QED) is 0.687. The van der Waals surface area contributed by atoms with E-state index in [2.05, 4.69) is 12.2 Å². The highest BCUT2D eigenvalue weighted by atomic mass is 16.5. The van der Waals surface area contributed by atoms with Gasteiger partial charge < -0.3 is 14.8 Å². The lowest BCUT2D eigenvalue weighted by atomic mass is 10.2. The topological polar surface area (TPSA) is 30.5 Å². The molecule has 2 rings (SSSR count). The molecule has 2 atom stereocenters. The molecule has 1 saturated heterocycles. The van der Waals surface area contributed by atoms with E-state index in [0.29, 0.717) is 12.1 Å². The molecule has 1 saturated carbocycles. The molecule has 1 heterocycles. The van der Waals surface area contributed by atoms with Crippen molar-refractivity contribution in [2.24, 2.45) is 5.92 Å². The smallest absolute Gasteiger partial charge is 0.0809 e. The van der Waals surface area contributed by atoms with Gasteiger partial charge in [-0.1, -0.05) is 6.92 Å². The zero-order valence-electron chi connectivity index (χ0n) is 10.4. The van der Waals surface area contributed by atoms with Crippen LogP contribution in [0.25, 0.3) is 0 Å². The first-order valence-electron chi connectivity index (χ1n) is 6.83. The Kier molecular flexibility index (Phi) is 5.07. The fraction of sp³-hybridized carbons (Fsp3) is 1.00. The van der Waals surface area contributed by atoms with E-state index in [4.69, 9.17) is 9.47 Å². The highest BCUT2D eigenvalue weighted by molar-refractivity contribution is 4.86. The molecule has 0 radical (unpaired) electrons. The molecule has 2 unspecified atom stereocenters. The predicted octanol–water partition coefficient (Wildman–Crippen LogP) is 1.96. The summed E-state index contributed by atoms with van der Waals surface area (Å²) in [5, 5.41) is 3.59. The lowest BCUT2D eigenvalue weighted by molar-refractivity contribution is 0.00835. The van der Waals surface area contributed by atoms with Crippen LogP contribution in [0.1, 0.15) is 39.0 Å². The van der Waals surface area contributed by atoms with Crippen LogP contribution in [0.3, 0.4) is 0 Å². The van der Waals surface area contributed by atoms with Gasteiger partial charge in [0.1, 0.15) is 0 Å². The number of rotatable bonds is 8. The summed E-state index contributed by atoms with van der Waals surface area (Å²) in [6, 6.07) is 0.585. The van der Waals surface area contributed by atoms with Crippen molar-refractivity contribution in [1.29, 1.82) is 0 Å². The zero-order valence-corrected chi connectivity index (χ0v) is 10.4. The molecule has 3 nitrogen and oxygen atoms in total. The van der Waals surface area contributed by atoms with Gasteiger partial charge in [-0.15, -0.1) is 0 Å². The second-order valence-corrected chi connectivity index (χ2v) is 5.07. The summed E-state index contributed by atoms with van der Waals surface area (Å²) in [4.78, 5) is 0. The van der Waals surface area contributed by atoms with Crippen LogP contribution < -0.4 is 5.32 Å². The van der Waals surface area contributed by atoms with Crippen LogP contribution in [-0.2, 0) is 9.47 Å². The molecule has 94 valence electrons. The Bertz CT molecular complexity index is 188. The summed E-state index contributed by atoms with van der Waals surface area (Å²) in [6.45, 7) is 5.91. The first-order valence-corrected chi connectivity index (χ1v) is 6.83. The SMILES string of the molecule is CCCNC(COCC1CCCO1)C1CC1. The van der Waals surface area contributed by atoms with Gasteiger partial charge in [-0.3, -0.25) is 0 Å². The molecule has 1 aliphatic heterocycles. The molecule has 0 bridgehead atoms. The predicted molar refractivity (Wildman–Crippen MR) is 64.6 cm³/mol. The Balaban J connectivity index is 1.57. The molecular formula is C13H25NO2. The molecule has 0 spiro atoms. The minimum Gasteiger partial charge on any atom is -0.377 e. The van der Waals surface area contributed by atoms with Gasteiger partial charge in [-0.2, -0.15) is 0 Å². The summed E-state index contributed by atoms with van der Waals surface area (Å²) in [5.41, 5.74) is 0. The van der Waals surface area contributed by atoms with E-state index in [1.165, 1.54) is 32.1 Å². The van der Waals surface area contributed by atoms with Crippen LogP contribution in [0.2, 0.25) is 0 Å². The minimum absolute atomic E-state index is 0.367. The molecule has 2 aliphatic rings. The Labute approximate surface area is 98.9 Å². The van der Waals surface area contributed by atoms with Crippen LogP contribution in [0.5, 0.6) is 0 Å². The second kappa shape index (κ2) is 6.58. The fourth-order valence-electron chi connectivity index (χ4n) is 2.29. The maximum Gasteiger partial charge on any atom is 0.0809 e. The lowest BCUT2D eigenvalue weighted by Gasteiger charge is -2.19. The number of hydrogen-bond acceptors (Lipinski definition) is 3. The van der Waals surface area contributed by atoms with Crippen molar-refractivity contribution in [3.05, 3.63) is 0 Å². The van der Waals surface area contributed by atoms with Crippen molar-refractivity contribution in [1.82, 2.24) is 5.32 Å². The maximum atomic E-state index is 5.79. The van der Waals surface area contributed by atoms with Crippen LogP contribution in [0, 0.1) is 5.92 Å². The second-order valence-electron chi connectivity index (χ2n) is 5.07. The Morgan fingerprint density at radius 1 is 1.38 bits per heavy atom. The van der Waals surface area contributed by atoms with Gasteiger partial charge in [0, 0.05) is 12.6 Å². The van der Waals surface area contributed by atoms with Gasteiger partial charge in [0.25, 0.3) is 0 Å². The van der Waals surface area contributed by atoms with Crippen molar-refractivity contribution in [3.8, 4) is 0 Å². The minimum atomic E-state index is 0.367. The van der Waals surface area contributed by atoms with Gasteiger partial charge in [0.15, 0.2) is 0 Å². The molecule has 0 amide bonds. The Hall–Kier alpha value is -0.120. The lowest BCUT2D eigenvalue weighted by Crippen LogP contribution is -2.36. The van der Waals surface area contributed by atoms with E-state index in [1.54, 1.807) is 0 Å². The van der Waals surface area contributed by atoms with Crippen LogP contribution in [0.15, 0.2) is 0 Å². The standard InChI is InChI=1S/C13H25NO2/c1-2-7-14-13(11-5-6-11)10-15-9-12-4-3-8-16-12/h11-14H,2-10H2,1H3. The third-order valence-electron chi connectivity index (χ3n) is 3.47. The monoisotopic (exact) mass is 227 g/mol. The van der Waals surface area contributed by atoms with Crippen molar-refractivity contribution >= 4 is 0 Å². The first-order chi connectivity index (χ1) is 7.90. The van der Waals surface area contributed by atoms with E-state index in [1.807, 2.05) is 0 Å². The molecule has 1 aliphatic carbocycles. The third-order valence-corrected chi connectivity index (χ3v) is 3.47. The van der Waals surface area contributed by atoms with Crippen LogP contribution in [0.4, 0.5) is 0 Å². The third kappa shape index (κ3) is 4.04. The van der Waals surface area contributed by atoms with Crippen molar-refractivity contribution in [2.75, 3.05) is 26.4 Å². The van der Waals surface area contributed by atoms with Gasteiger partial charge >= 0.3 is 0 Å². The summed E-state index contributed by atoms with van der Waals surface area (Å²) in [5.74, 6) is 0.871. The van der Waals surface area contributed by atoms with Gasteiger partial charge in [0.2, 0.25) is 0 Å². The van der Waals surface area contributed by atoms with E-state index >= 15 is 0 Å². The maximum absolute atomic E-state index is 5.79. The molecule has 0 aromatic rings. The number of nitrogens with one attached hydrogen (secondary N) is 1. The van der Waals surface area contributed by atoms with Crippen molar-refractivity contribution in [2.45, 2.75) is 51.2 Å². The van der Waals surface area contributed by atoms with E-state index in [-0.39, 0.29) is 0 Å². The van der Waals surface area contributed by atoms with Crippen molar-refractivity contribution < 1.29 is 9.47 Å². The summed E-state index contributed by atoms with van der Waals surface area (Å²) in [6.07, 6.45) is 6.71. The normalized spacial score (nSPS) is 27.2.